The summed E-state index contributed by atoms with van der Waals surface area (Å²) in [5.74, 6) is 0.808. The van der Waals surface area contributed by atoms with E-state index in [9.17, 15) is 13.2 Å². The minimum atomic E-state index is -3.63. The number of sulfonamides is 1. The molecule has 0 radical (unpaired) electrons. The quantitative estimate of drug-likeness (QED) is 0.766. The fourth-order valence-electron chi connectivity index (χ4n) is 3.66. The van der Waals surface area contributed by atoms with Crippen molar-refractivity contribution in [3.05, 3.63) is 18.2 Å². The third kappa shape index (κ3) is 5.00. The van der Waals surface area contributed by atoms with Crippen LogP contribution in [0.1, 0.15) is 39.0 Å². The zero-order valence-corrected chi connectivity index (χ0v) is 16.6. The van der Waals surface area contributed by atoms with Crippen LogP contribution in [0.25, 0.3) is 0 Å². The van der Waals surface area contributed by atoms with E-state index in [4.69, 9.17) is 9.47 Å². The number of ether oxygens (including phenoxy) is 2. The number of morpholine rings is 1. The summed E-state index contributed by atoms with van der Waals surface area (Å²) in [5.41, 5.74) is 0.411. The molecule has 1 aromatic carbocycles. The van der Waals surface area contributed by atoms with E-state index in [0.29, 0.717) is 56.7 Å². The lowest BCUT2D eigenvalue weighted by Crippen LogP contribution is -2.40. The van der Waals surface area contributed by atoms with E-state index in [1.165, 1.54) is 29.3 Å². The molecule has 0 unspecified atom stereocenters. The Balaban J connectivity index is 1.80. The lowest BCUT2D eigenvalue weighted by atomic mass is 10.0. The summed E-state index contributed by atoms with van der Waals surface area (Å²) in [4.78, 5) is 12.6. The van der Waals surface area contributed by atoms with Gasteiger partial charge in [-0.3, -0.25) is 4.79 Å². The molecule has 1 heterocycles. The molecule has 150 valence electrons. The average molecular weight is 397 g/mol. The first-order valence-corrected chi connectivity index (χ1v) is 11.1. The molecule has 0 aromatic heterocycles. The molecule has 8 heteroatoms. The number of rotatable bonds is 7. The van der Waals surface area contributed by atoms with E-state index in [1.54, 1.807) is 6.07 Å². The van der Waals surface area contributed by atoms with Gasteiger partial charge in [-0.1, -0.05) is 12.8 Å². The molecule has 2 fully saturated rings. The van der Waals surface area contributed by atoms with Crippen LogP contribution in [0, 0.1) is 5.92 Å². The zero-order valence-electron chi connectivity index (χ0n) is 15.8. The first-order valence-electron chi connectivity index (χ1n) is 9.65. The second kappa shape index (κ2) is 9.03. The summed E-state index contributed by atoms with van der Waals surface area (Å²) in [7, 11) is -3.63. The first kappa shape index (κ1) is 20.1. The Morgan fingerprint density at radius 3 is 2.63 bits per heavy atom. The van der Waals surface area contributed by atoms with Gasteiger partial charge in [0.05, 0.1) is 30.4 Å². The molecule has 3 rings (SSSR count). The molecular formula is C19H28N2O5S. The predicted octanol–water partition coefficient (Wildman–Crippen LogP) is 2.62. The van der Waals surface area contributed by atoms with Gasteiger partial charge < -0.3 is 14.8 Å². The highest BCUT2D eigenvalue weighted by Crippen LogP contribution is 2.31. The van der Waals surface area contributed by atoms with Crippen molar-refractivity contribution in [2.24, 2.45) is 5.92 Å². The molecule has 1 N–H and O–H groups in total. The number of carbonyl (C=O) groups is 1. The van der Waals surface area contributed by atoms with Gasteiger partial charge >= 0.3 is 0 Å². The van der Waals surface area contributed by atoms with Gasteiger partial charge in [-0.05, 0) is 43.9 Å². The average Bonchev–Trinajstić information content (AvgIpc) is 3.17. The summed E-state index contributed by atoms with van der Waals surface area (Å²) in [6.45, 7) is 3.73. The molecular weight excluding hydrogens is 368 g/mol. The lowest BCUT2D eigenvalue weighted by molar-refractivity contribution is -0.117. The van der Waals surface area contributed by atoms with E-state index in [0.717, 1.165) is 12.8 Å². The Hall–Kier alpha value is -1.64. The summed E-state index contributed by atoms with van der Waals surface area (Å²) in [6, 6.07) is 4.65. The Morgan fingerprint density at radius 1 is 1.26 bits per heavy atom. The SMILES string of the molecule is CCOc1ccc(S(=O)(=O)N2CCOCC2)cc1NC(=O)CC1CCCC1. The van der Waals surface area contributed by atoms with Gasteiger partial charge in [-0.2, -0.15) is 4.31 Å². The summed E-state index contributed by atoms with van der Waals surface area (Å²) in [6.07, 6.45) is 4.98. The van der Waals surface area contributed by atoms with E-state index in [1.807, 2.05) is 6.92 Å². The Labute approximate surface area is 161 Å². The van der Waals surface area contributed by atoms with Gasteiger partial charge in [0.2, 0.25) is 15.9 Å². The van der Waals surface area contributed by atoms with E-state index in [-0.39, 0.29) is 10.8 Å². The number of nitrogens with zero attached hydrogens (tertiary/aromatic N) is 1. The van der Waals surface area contributed by atoms with Crippen LogP contribution in [0.5, 0.6) is 5.75 Å². The molecule has 27 heavy (non-hydrogen) atoms. The normalized spacial score (nSPS) is 19.1. The van der Waals surface area contributed by atoms with Crippen molar-refractivity contribution in [1.29, 1.82) is 0 Å². The van der Waals surface area contributed by atoms with Crippen LogP contribution in [0.2, 0.25) is 0 Å². The number of benzene rings is 1. The molecule has 1 saturated heterocycles. The minimum Gasteiger partial charge on any atom is -0.492 e. The standard InChI is InChI=1S/C19H28N2O5S/c1-2-26-18-8-7-16(27(23,24)21-9-11-25-12-10-21)14-17(18)20-19(22)13-15-5-3-4-6-15/h7-8,14-15H,2-6,9-13H2,1H3,(H,20,22). The van der Waals surface area contributed by atoms with Crippen LogP contribution in [0.15, 0.2) is 23.1 Å². The first-order chi connectivity index (χ1) is 13.0. The maximum atomic E-state index is 12.9. The number of carbonyl (C=O) groups excluding carboxylic acids is 1. The third-order valence-electron chi connectivity index (χ3n) is 5.08. The molecule has 1 aliphatic carbocycles. The van der Waals surface area contributed by atoms with Crippen molar-refractivity contribution in [2.45, 2.75) is 43.9 Å². The maximum Gasteiger partial charge on any atom is 0.243 e. The number of amides is 1. The molecule has 0 atom stereocenters. The van der Waals surface area contributed by atoms with Crippen LogP contribution < -0.4 is 10.1 Å². The minimum absolute atomic E-state index is 0.0937. The highest BCUT2D eigenvalue weighted by molar-refractivity contribution is 7.89. The van der Waals surface area contributed by atoms with Crippen molar-refractivity contribution < 1.29 is 22.7 Å². The molecule has 0 spiro atoms. The number of nitrogens with one attached hydrogen (secondary N) is 1. The van der Waals surface area contributed by atoms with E-state index < -0.39 is 10.0 Å². The van der Waals surface area contributed by atoms with Crippen molar-refractivity contribution in [2.75, 3.05) is 38.2 Å². The zero-order chi connectivity index (χ0) is 19.3. The maximum absolute atomic E-state index is 12.9. The van der Waals surface area contributed by atoms with Gasteiger partial charge in [0, 0.05) is 19.5 Å². The van der Waals surface area contributed by atoms with Crippen LogP contribution in [0.3, 0.4) is 0 Å². The van der Waals surface area contributed by atoms with Crippen LogP contribution in [0.4, 0.5) is 5.69 Å². The molecule has 0 bridgehead atoms. The van der Waals surface area contributed by atoms with Gasteiger partial charge in [0.25, 0.3) is 0 Å². The topological polar surface area (TPSA) is 84.9 Å². The second-order valence-corrected chi connectivity index (χ2v) is 8.95. The predicted molar refractivity (Wildman–Crippen MR) is 102 cm³/mol. The van der Waals surface area contributed by atoms with Gasteiger partial charge in [-0.15, -0.1) is 0 Å². The van der Waals surface area contributed by atoms with E-state index >= 15 is 0 Å². The monoisotopic (exact) mass is 396 g/mol. The smallest absolute Gasteiger partial charge is 0.243 e. The van der Waals surface area contributed by atoms with Crippen molar-refractivity contribution in [1.82, 2.24) is 4.31 Å². The number of anilines is 1. The molecule has 1 amide bonds. The van der Waals surface area contributed by atoms with E-state index in [2.05, 4.69) is 5.32 Å². The van der Waals surface area contributed by atoms with Gasteiger partial charge in [0.1, 0.15) is 5.75 Å². The highest BCUT2D eigenvalue weighted by atomic mass is 32.2. The molecule has 2 aliphatic rings. The highest BCUT2D eigenvalue weighted by Gasteiger charge is 2.27. The molecule has 1 aromatic rings. The number of hydrogen-bond donors (Lipinski definition) is 1. The largest absolute Gasteiger partial charge is 0.492 e. The fourth-order valence-corrected chi connectivity index (χ4v) is 5.10. The Morgan fingerprint density at radius 2 is 1.96 bits per heavy atom. The fraction of sp³-hybridized carbons (Fsp3) is 0.632. The number of hydrogen-bond acceptors (Lipinski definition) is 5. The van der Waals surface area contributed by atoms with Gasteiger partial charge in [0.15, 0.2) is 0 Å². The van der Waals surface area contributed by atoms with Crippen LogP contribution >= 0.6 is 0 Å². The van der Waals surface area contributed by atoms with Crippen molar-refractivity contribution in [3.63, 3.8) is 0 Å². The third-order valence-corrected chi connectivity index (χ3v) is 6.98. The lowest BCUT2D eigenvalue weighted by Gasteiger charge is -2.26. The Kier molecular flexibility index (Phi) is 6.73. The van der Waals surface area contributed by atoms with Gasteiger partial charge in [-0.25, -0.2) is 8.42 Å². The molecule has 7 nitrogen and oxygen atoms in total. The van der Waals surface area contributed by atoms with Crippen molar-refractivity contribution >= 4 is 21.6 Å². The summed E-state index contributed by atoms with van der Waals surface area (Å²) in [5, 5.41) is 2.87. The summed E-state index contributed by atoms with van der Waals surface area (Å²) < 4.78 is 38.0. The van der Waals surface area contributed by atoms with Crippen LogP contribution in [-0.2, 0) is 19.6 Å². The Bertz CT molecular complexity index is 753. The van der Waals surface area contributed by atoms with Crippen LogP contribution in [-0.4, -0.2) is 51.5 Å². The molecule has 1 aliphatic heterocycles. The second-order valence-electron chi connectivity index (χ2n) is 7.01. The summed E-state index contributed by atoms with van der Waals surface area (Å²) >= 11 is 0. The molecule has 1 saturated carbocycles. The van der Waals surface area contributed by atoms with Crippen molar-refractivity contribution in [3.8, 4) is 5.75 Å².